The molecular formula is C19H10F8N4O. The number of anilines is 1. The smallest absolute Gasteiger partial charge is 0.417 e. The molecule has 0 fully saturated rings. The molecule has 0 unspecified atom stereocenters. The maximum Gasteiger partial charge on any atom is 0.417 e. The van der Waals surface area contributed by atoms with Crippen LogP contribution < -0.4 is 4.90 Å². The van der Waals surface area contributed by atoms with Gasteiger partial charge in [0, 0.05) is 11.8 Å². The Labute approximate surface area is 174 Å². The van der Waals surface area contributed by atoms with Crippen molar-refractivity contribution < 1.29 is 39.5 Å². The van der Waals surface area contributed by atoms with Crippen molar-refractivity contribution in [2.75, 3.05) is 11.4 Å². The number of alkyl halides is 6. The second-order valence-electron chi connectivity index (χ2n) is 6.44. The molecule has 0 radical (unpaired) electrons. The quantitative estimate of drug-likeness (QED) is 0.471. The van der Waals surface area contributed by atoms with E-state index in [-0.39, 0.29) is 5.56 Å². The number of hydrogen-bond acceptors (Lipinski definition) is 5. The zero-order valence-corrected chi connectivity index (χ0v) is 15.6. The Balaban J connectivity index is 1.97. The van der Waals surface area contributed by atoms with Crippen molar-refractivity contribution in [2.45, 2.75) is 18.9 Å². The van der Waals surface area contributed by atoms with Gasteiger partial charge in [-0.1, -0.05) is 0 Å². The van der Waals surface area contributed by atoms with Gasteiger partial charge in [0.1, 0.15) is 18.2 Å². The predicted molar refractivity (Wildman–Crippen MR) is 92.9 cm³/mol. The largest absolute Gasteiger partial charge is 0.419 e. The maximum atomic E-state index is 13.9. The lowest BCUT2D eigenvalue weighted by atomic mass is 10.1. The molecule has 0 aliphatic rings. The molecule has 2 aromatic carbocycles. The molecule has 1 heterocycles. The molecule has 32 heavy (non-hydrogen) atoms. The van der Waals surface area contributed by atoms with Crippen LogP contribution in [0, 0.1) is 23.0 Å². The Morgan fingerprint density at radius 1 is 0.969 bits per heavy atom. The van der Waals surface area contributed by atoms with Gasteiger partial charge in [-0.3, -0.25) is 0 Å². The summed E-state index contributed by atoms with van der Waals surface area (Å²) >= 11 is 0. The highest BCUT2D eigenvalue weighted by Gasteiger charge is 2.36. The fraction of sp³-hybridized carbons (Fsp3) is 0.211. The van der Waals surface area contributed by atoms with Crippen molar-refractivity contribution in [2.24, 2.45) is 0 Å². The van der Waals surface area contributed by atoms with Gasteiger partial charge in [0.2, 0.25) is 5.89 Å². The third-order valence-electron chi connectivity index (χ3n) is 4.12. The first-order valence-corrected chi connectivity index (χ1v) is 8.58. The number of nitriles is 1. The van der Waals surface area contributed by atoms with Crippen molar-refractivity contribution in [1.29, 1.82) is 5.26 Å². The minimum atomic E-state index is -4.98. The Bertz CT molecular complexity index is 1160. The molecule has 0 aliphatic carbocycles. The first-order valence-electron chi connectivity index (χ1n) is 8.58. The highest BCUT2D eigenvalue weighted by atomic mass is 19.4. The van der Waals surface area contributed by atoms with E-state index in [0.29, 0.717) is 17.0 Å². The predicted octanol–water partition coefficient (Wildman–Crippen LogP) is 5.47. The van der Waals surface area contributed by atoms with Gasteiger partial charge in [-0.25, -0.2) is 8.78 Å². The van der Waals surface area contributed by atoms with Gasteiger partial charge in [0.05, 0.1) is 29.3 Å². The summed E-state index contributed by atoms with van der Waals surface area (Å²) in [5.41, 5.74) is -3.00. The van der Waals surface area contributed by atoms with E-state index in [4.69, 9.17) is 9.68 Å². The minimum Gasteiger partial charge on any atom is -0.419 e. The Kier molecular flexibility index (Phi) is 6.07. The summed E-state index contributed by atoms with van der Waals surface area (Å²) in [6, 6.07) is 5.80. The highest BCUT2D eigenvalue weighted by molar-refractivity contribution is 5.56. The Hall–Kier alpha value is -3.69. The fourth-order valence-corrected chi connectivity index (χ4v) is 2.77. The van der Waals surface area contributed by atoms with Gasteiger partial charge in [-0.2, -0.15) is 31.6 Å². The number of hydrogen-bond donors (Lipinski definition) is 0. The molecule has 13 heteroatoms. The van der Waals surface area contributed by atoms with Crippen LogP contribution >= 0.6 is 0 Å². The molecule has 0 atom stereocenters. The molecule has 0 aliphatic heterocycles. The van der Waals surface area contributed by atoms with Crippen LogP contribution in [0.5, 0.6) is 0 Å². The van der Waals surface area contributed by atoms with Gasteiger partial charge in [-0.15, -0.1) is 10.2 Å². The fourth-order valence-electron chi connectivity index (χ4n) is 2.77. The SMILES string of the molecule is N#Cc1ccc(N(Cc2nnc(-c3ccc(F)cc3F)o2)CC(F)(F)F)cc1C(F)(F)F. The summed E-state index contributed by atoms with van der Waals surface area (Å²) in [6.45, 7) is -2.46. The topological polar surface area (TPSA) is 66.0 Å². The summed E-state index contributed by atoms with van der Waals surface area (Å²) in [5, 5.41) is 15.8. The lowest BCUT2D eigenvalue weighted by molar-refractivity contribution is -0.137. The van der Waals surface area contributed by atoms with E-state index in [2.05, 4.69) is 10.2 Å². The average Bonchev–Trinajstić information content (AvgIpc) is 3.13. The minimum absolute atomic E-state index is 0.315. The lowest BCUT2D eigenvalue weighted by Gasteiger charge is -2.25. The zero-order chi connectivity index (χ0) is 23.7. The molecular weight excluding hydrogens is 452 g/mol. The molecule has 0 saturated carbocycles. The normalized spacial score (nSPS) is 12.0. The van der Waals surface area contributed by atoms with E-state index in [0.717, 1.165) is 24.3 Å². The molecule has 1 aromatic heterocycles. The van der Waals surface area contributed by atoms with Crippen molar-refractivity contribution in [1.82, 2.24) is 10.2 Å². The standard InChI is InChI=1S/C19H10F8N4O/c20-11-2-4-13(15(21)5-11)17-30-29-16(32-17)8-31(9-18(22,23)24)12-3-1-10(7-28)14(6-12)19(25,26)27/h1-6H,8-9H2. The van der Waals surface area contributed by atoms with Crippen LogP contribution in [-0.4, -0.2) is 22.9 Å². The zero-order valence-electron chi connectivity index (χ0n) is 15.6. The Morgan fingerprint density at radius 2 is 1.69 bits per heavy atom. The molecule has 168 valence electrons. The molecule has 0 bridgehead atoms. The van der Waals surface area contributed by atoms with Gasteiger partial charge in [0.15, 0.2) is 0 Å². The van der Waals surface area contributed by atoms with E-state index in [1.165, 1.54) is 6.07 Å². The number of benzene rings is 2. The molecule has 3 rings (SSSR count). The number of aromatic nitrogens is 2. The molecule has 0 spiro atoms. The van der Waals surface area contributed by atoms with Crippen LogP contribution in [0.2, 0.25) is 0 Å². The van der Waals surface area contributed by atoms with Crippen molar-refractivity contribution in [3.63, 3.8) is 0 Å². The molecule has 0 amide bonds. The van der Waals surface area contributed by atoms with Gasteiger partial charge in [-0.05, 0) is 30.3 Å². The maximum absolute atomic E-state index is 13.9. The van der Waals surface area contributed by atoms with E-state index < -0.39 is 65.7 Å². The second kappa shape index (κ2) is 8.45. The van der Waals surface area contributed by atoms with Gasteiger partial charge in [0.25, 0.3) is 5.89 Å². The summed E-state index contributed by atoms with van der Waals surface area (Å²) in [5.74, 6) is -2.87. The summed E-state index contributed by atoms with van der Waals surface area (Å²) in [6.07, 6.45) is -9.80. The molecule has 0 N–H and O–H groups in total. The third-order valence-corrected chi connectivity index (χ3v) is 4.12. The van der Waals surface area contributed by atoms with Crippen molar-refractivity contribution in [3.05, 3.63) is 65.1 Å². The first kappa shape index (κ1) is 23.0. The van der Waals surface area contributed by atoms with Crippen LogP contribution in [0.15, 0.2) is 40.8 Å². The van der Waals surface area contributed by atoms with Crippen LogP contribution in [-0.2, 0) is 12.7 Å². The van der Waals surface area contributed by atoms with E-state index in [9.17, 15) is 35.1 Å². The van der Waals surface area contributed by atoms with Crippen molar-refractivity contribution >= 4 is 5.69 Å². The van der Waals surface area contributed by atoms with Gasteiger partial charge < -0.3 is 9.32 Å². The third kappa shape index (κ3) is 5.32. The summed E-state index contributed by atoms with van der Waals surface area (Å²) in [4.78, 5) is 0.481. The van der Waals surface area contributed by atoms with Crippen LogP contribution in [0.25, 0.3) is 11.5 Å². The number of halogens is 8. The van der Waals surface area contributed by atoms with Crippen LogP contribution in [0.3, 0.4) is 0 Å². The second-order valence-corrected chi connectivity index (χ2v) is 6.44. The van der Waals surface area contributed by atoms with Gasteiger partial charge >= 0.3 is 12.4 Å². The number of nitrogens with zero attached hydrogens (tertiary/aromatic N) is 4. The van der Waals surface area contributed by atoms with E-state index in [1.54, 1.807) is 0 Å². The summed E-state index contributed by atoms with van der Waals surface area (Å²) < 4.78 is 111. The van der Waals surface area contributed by atoms with Crippen LogP contribution in [0.1, 0.15) is 17.0 Å². The molecule has 3 aromatic rings. The average molecular weight is 462 g/mol. The first-order chi connectivity index (χ1) is 14.9. The van der Waals surface area contributed by atoms with E-state index in [1.807, 2.05) is 0 Å². The molecule has 5 nitrogen and oxygen atoms in total. The molecule has 0 saturated heterocycles. The number of rotatable bonds is 5. The highest BCUT2D eigenvalue weighted by Crippen LogP contribution is 2.35. The monoisotopic (exact) mass is 462 g/mol. The Morgan fingerprint density at radius 3 is 2.28 bits per heavy atom. The van der Waals surface area contributed by atoms with E-state index >= 15 is 0 Å². The lowest BCUT2D eigenvalue weighted by Crippen LogP contribution is -2.34. The van der Waals surface area contributed by atoms with Crippen LogP contribution in [0.4, 0.5) is 40.8 Å². The summed E-state index contributed by atoms with van der Waals surface area (Å²) in [7, 11) is 0. The van der Waals surface area contributed by atoms with Crippen molar-refractivity contribution in [3.8, 4) is 17.5 Å².